The summed E-state index contributed by atoms with van der Waals surface area (Å²) in [4.78, 5) is 40.9. The number of aryl methyl sites for hydroxylation is 1. The molecule has 0 spiro atoms. The Morgan fingerprint density at radius 2 is 1.96 bits per heavy atom. The molecule has 3 heterocycles. The van der Waals surface area contributed by atoms with Gasteiger partial charge in [0.15, 0.2) is 5.82 Å². The molecule has 2 aliphatic rings. The van der Waals surface area contributed by atoms with Crippen molar-refractivity contribution in [1.82, 2.24) is 10.1 Å². The lowest BCUT2D eigenvalue weighted by atomic mass is 9.98. The molecule has 2 aromatic rings. The van der Waals surface area contributed by atoms with Gasteiger partial charge in [0.25, 0.3) is 17.7 Å². The average Bonchev–Trinajstić information content (AvgIpc) is 3.15. The summed E-state index contributed by atoms with van der Waals surface area (Å²) in [7, 11) is 0. The van der Waals surface area contributed by atoms with Crippen molar-refractivity contribution in [2.24, 2.45) is 5.92 Å². The number of aromatic nitrogens is 1. The van der Waals surface area contributed by atoms with Gasteiger partial charge in [-0.15, -0.1) is 0 Å². The smallest absolute Gasteiger partial charge is 0.267 e. The van der Waals surface area contributed by atoms with Gasteiger partial charge in [0.2, 0.25) is 0 Å². The van der Waals surface area contributed by atoms with E-state index in [-0.39, 0.29) is 22.9 Å². The Labute approximate surface area is 150 Å². The van der Waals surface area contributed by atoms with Crippen molar-refractivity contribution in [3.63, 3.8) is 0 Å². The van der Waals surface area contributed by atoms with E-state index in [0.29, 0.717) is 23.8 Å². The highest BCUT2D eigenvalue weighted by atomic mass is 16.5. The molecule has 0 saturated carbocycles. The largest absolute Gasteiger partial charge is 0.360 e. The van der Waals surface area contributed by atoms with Gasteiger partial charge in [-0.2, -0.15) is 0 Å². The molecule has 1 unspecified atom stereocenters. The Balaban J connectivity index is 1.64. The van der Waals surface area contributed by atoms with Crippen molar-refractivity contribution < 1.29 is 18.9 Å². The number of fused-ring (bicyclic) bond motifs is 1. The third-order valence-electron chi connectivity index (χ3n) is 4.92. The number of hydrogen-bond acceptors (Lipinski definition) is 5. The van der Waals surface area contributed by atoms with E-state index in [4.69, 9.17) is 4.52 Å². The van der Waals surface area contributed by atoms with Crippen LogP contribution < -0.4 is 4.90 Å². The van der Waals surface area contributed by atoms with Gasteiger partial charge in [-0.3, -0.25) is 14.4 Å². The third-order valence-corrected chi connectivity index (χ3v) is 4.92. The zero-order valence-corrected chi connectivity index (χ0v) is 14.7. The number of rotatable bonds is 2. The van der Waals surface area contributed by atoms with Crippen LogP contribution in [-0.2, 0) is 0 Å². The van der Waals surface area contributed by atoms with Gasteiger partial charge in [0.1, 0.15) is 5.76 Å². The van der Waals surface area contributed by atoms with Gasteiger partial charge in [0, 0.05) is 24.7 Å². The second-order valence-electron chi connectivity index (χ2n) is 7.00. The fraction of sp³-hybridized carbons (Fsp3) is 0.368. The molecule has 1 atom stereocenters. The van der Waals surface area contributed by atoms with E-state index in [0.717, 1.165) is 24.3 Å². The first-order valence-electron chi connectivity index (χ1n) is 8.71. The third kappa shape index (κ3) is 2.60. The molecule has 0 radical (unpaired) electrons. The van der Waals surface area contributed by atoms with Crippen LogP contribution >= 0.6 is 0 Å². The number of amides is 3. The highest BCUT2D eigenvalue weighted by molar-refractivity contribution is 6.34. The standard InChI is InChI=1S/C19H19N3O4/c1-11-4-3-7-21(10-11)17(23)13-5-6-14-15(9-13)19(25)22(18(14)24)16-8-12(2)26-20-16/h5-6,8-9,11H,3-4,7,10H2,1-2H3. The molecule has 0 N–H and O–H groups in total. The van der Waals surface area contributed by atoms with Crippen LogP contribution in [-0.4, -0.2) is 40.9 Å². The van der Waals surface area contributed by atoms with E-state index >= 15 is 0 Å². The molecule has 4 rings (SSSR count). The van der Waals surface area contributed by atoms with Crippen molar-refractivity contribution in [2.75, 3.05) is 18.0 Å². The first-order valence-corrected chi connectivity index (χ1v) is 8.71. The van der Waals surface area contributed by atoms with Crippen LogP contribution in [0.1, 0.15) is 56.6 Å². The number of imide groups is 1. The van der Waals surface area contributed by atoms with E-state index in [1.54, 1.807) is 19.1 Å². The molecule has 0 bridgehead atoms. The van der Waals surface area contributed by atoms with Crippen LogP contribution in [0.3, 0.4) is 0 Å². The van der Waals surface area contributed by atoms with Crippen molar-refractivity contribution >= 4 is 23.5 Å². The summed E-state index contributed by atoms with van der Waals surface area (Å²) in [6.45, 7) is 5.25. The topological polar surface area (TPSA) is 83.7 Å². The number of hydrogen-bond donors (Lipinski definition) is 0. The van der Waals surface area contributed by atoms with E-state index < -0.39 is 11.8 Å². The number of anilines is 1. The maximum absolute atomic E-state index is 12.8. The van der Waals surface area contributed by atoms with Crippen molar-refractivity contribution in [1.29, 1.82) is 0 Å². The van der Waals surface area contributed by atoms with E-state index in [1.165, 1.54) is 12.1 Å². The molecular weight excluding hydrogens is 334 g/mol. The second kappa shape index (κ2) is 6.09. The van der Waals surface area contributed by atoms with Crippen LogP contribution in [0.5, 0.6) is 0 Å². The summed E-state index contributed by atoms with van der Waals surface area (Å²) in [6, 6.07) is 6.21. The van der Waals surface area contributed by atoms with Crippen LogP contribution in [0.15, 0.2) is 28.8 Å². The first-order chi connectivity index (χ1) is 12.5. The zero-order valence-electron chi connectivity index (χ0n) is 14.7. The molecule has 1 aromatic heterocycles. The maximum Gasteiger partial charge on any atom is 0.267 e. The maximum atomic E-state index is 12.8. The summed E-state index contributed by atoms with van der Waals surface area (Å²) < 4.78 is 4.97. The summed E-state index contributed by atoms with van der Waals surface area (Å²) in [5.41, 5.74) is 0.933. The van der Waals surface area contributed by atoms with Crippen LogP contribution in [0, 0.1) is 12.8 Å². The van der Waals surface area contributed by atoms with E-state index in [9.17, 15) is 14.4 Å². The minimum Gasteiger partial charge on any atom is -0.360 e. The van der Waals surface area contributed by atoms with E-state index in [1.807, 2.05) is 4.90 Å². The average molecular weight is 353 g/mol. The van der Waals surface area contributed by atoms with E-state index in [2.05, 4.69) is 12.1 Å². The predicted molar refractivity (Wildman–Crippen MR) is 93.1 cm³/mol. The molecular formula is C19H19N3O4. The number of nitrogens with zero attached hydrogens (tertiary/aromatic N) is 3. The second-order valence-corrected chi connectivity index (χ2v) is 7.00. The van der Waals surface area contributed by atoms with Crippen LogP contribution in [0.4, 0.5) is 5.82 Å². The van der Waals surface area contributed by atoms with Gasteiger partial charge < -0.3 is 9.42 Å². The van der Waals surface area contributed by atoms with Gasteiger partial charge in [-0.1, -0.05) is 12.1 Å². The number of carbonyl (C=O) groups excluding carboxylic acids is 3. The normalized spacial score (nSPS) is 19.8. The van der Waals surface area contributed by atoms with Gasteiger partial charge in [0.05, 0.1) is 11.1 Å². The minimum atomic E-state index is -0.486. The fourth-order valence-electron chi connectivity index (χ4n) is 3.60. The molecule has 3 amide bonds. The molecule has 7 heteroatoms. The Morgan fingerprint density at radius 3 is 2.65 bits per heavy atom. The van der Waals surface area contributed by atoms with Crippen molar-refractivity contribution in [3.05, 3.63) is 46.7 Å². The molecule has 1 fully saturated rings. The Hall–Kier alpha value is -2.96. The SMILES string of the molecule is Cc1cc(N2C(=O)c3ccc(C(=O)N4CCCC(C)C4)cc3C2=O)no1. The van der Waals surface area contributed by atoms with Crippen molar-refractivity contribution in [2.45, 2.75) is 26.7 Å². The number of likely N-dealkylation sites (tertiary alicyclic amines) is 1. The summed E-state index contributed by atoms with van der Waals surface area (Å²) in [5, 5.41) is 3.76. The fourth-order valence-corrected chi connectivity index (χ4v) is 3.60. The molecule has 134 valence electrons. The molecule has 0 aliphatic carbocycles. The minimum absolute atomic E-state index is 0.102. The lowest BCUT2D eigenvalue weighted by Gasteiger charge is -2.31. The Morgan fingerprint density at radius 1 is 1.19 bits per heavy atom. The lowest BCUT2D eigenvalue weighted by Crippen LogP contribution is -2.39. The molecule has 26 heavy (non-hydrogen) atoms. The quantitative estimate of drug-likeness (QED) is 0.775. The molecule has 2 aliphatic heterocycles. The van der Waals surface area contributed by atoms with Crippen molar-refractivity contribution in [3.8, 4) is 0 Å². The predicted octanol–water partition coefficient (Wildman–Crippen LogP) is 2.66. The van der Waals surface area contributed by atoms with Gasteiger partial charge in [-0.25, -0.2) is 4.90 Å². The van der Waals surface area contributed by atoms with Crippen LogP contribution in [0.2, 0.25) is 0 Å². The first kappa shape index (κ1) is 16.5. The zero-order chi connectivity index (χ0) is 18.4. The van der Waals surface area contributed by atoms with Crippen LogP contribution in [0.25, 0.3) is 0 Å². The molecule has 7 nitrogen and oxygen atoms in total. The summed E-state index contributed by atoms with van der Waals surface area (Å²) >= 11 is 0. The number of benzene rings is 1. The lowest BCUT2D eigenvalue weighted by molar-refractivity contribution is 0.0682. The number of piperidine rings is 1. The highest BCUT2D eigenvalue weighted by Crippen LogP contribution is 2.29. The highest BCUT2D eigenvalue weighted by Gasteiger charge is 2.39. The monoisotopic (exact) mass is 353 g/mol. The summed E-state index contributed by atoms with van der Waals surface area (Å²) in [6.07, 6.45) is 2.10. The van der Waals surface area contributed by atoms with Gasteiger partial charge in [-0.05, 0) is 43.9 Å². The Bertz CT molecular complexity index is 917. The molecule has 1 aromatic carbocycles. The number of carbonyl (C=O) groups is 3. The summed E-state index contributed by atoms with van der Waals surface area (Å²) in [5.74, 6) is 0.0912. The molecule has 1 saturated heterocycles. The van der Waals surface area contributed by atoms with Gasteiger partial charge >= 0.3 is 0 Å². The Kier molecular flexibility index (Phi) is 3.86.